The molecule has 0 bridgehead atoms. The summed E-state index contributed by atoms with van der Waals surface area (Å²) in [4.78, 5) is 36.3. The Labute approximate surface area is 198 Å². The Bertz CT molecular complexity index is 1040. The van der Waals surface area contributed by atoms with Gasteiger partial charge in [0.15, 0.2) is 14.5 Å². The van der Waals surface area contributed by atoms with Crippen molar-refractivity contribution in [3.63, 3.8) is 0 Å². The van der Waals surface area contributed by atoms with Gasteiger partial charge in [0.2, 0.25) is 0 Å². The van der Waals surface area contributed by atoms with Crippen molar-refractivity contribution in [3.05, 3.63) is 32.6 Å². The van der Waals surface area contributed by atoms with Crippen molar-refractivity contribution < 1.29 is 36.7 Å². The summed E-state index contributed by atoms with van der Waals surface area (Å²) in [5.41, 5.74) is -5.36. The van der Waals surface area contributed by atoms with Crippen LogP contribution in [0.1, 0.15) is 45.9 Å². The fraction of sp³-hybridized carbons (Fsp3) is 0.800. The van der Waals surface area contributed by atoms with Gasteiger partial charge in [0.25, 0.3) is 5.56 Å². The number of rotatable bonds is 9. The van der Waals surface area contributed by atoms with E-state index < -0.39 is 63.8 Å². The summed E-state index contributed by atoms with van der Waals surface area (Å²) in [5.74, 6) is 0. The van der Waals surface area contributed by atoms with Crippen molar-refractivity contribution in [1.82, 2.24) is 9.55 Å². The highest BCUT2D eigenvalue weighted by atomic mass is 31.2. The maximum absolute atomic E-state index is 14.9. The van der Waals surface area contributed by atoms with Gasteiger partial charge in [-0.15, -0.1) is 0 Å². The molecular formula is C20H35F2N2O8PSi. The zero-order chi connectivity index (χ0) is 26.3. The fourth-order valence-corrected chi connectivity index (χ4v) is 5.68. The van der Waals surface area contributed by atoms with Crippen LogP contribution in [0.3, 0.4) is 0 Å². The monoisotopic (exact) mass is 528 g/mol. The summed E-state index contributed by atoms with van der Waals surface area (Å²) in [6.07, 6.45) is -4.72. The second-order valence-corrected chi connectivity index (χ2v) is 16.6. The molecule has 2 N–H and O–H groups in total. The molecule has 1 aromatic heterocycles. The van der Waals surface area contributed by atoms with Crippen molar-refractivity contribution >= 4 is 15.9 Å². The highest BCUT2D eigenvalue weighted by molar-refractivity contribution is 7.54. The summed E-state index contributed by atoms with van der Waals surface area (Å²) < 4.78 is 65.3. The molecule has 196 valence electrons. The van der Waals surface area contributed by atoms with Crippen molar-refractivity contribution in [2.75, 3.05) is 13.7 Å². The number of alkyl halides is 2. The van der Waals surface area contributed by atoms with Gasteiger partial charge in [0.1, 0.15) is 12.2 Å². The molecule has 0 saturated carbocycles. The van der Waals surface area contributed by atoms with E-state index in [1.54, 1.807) is 0 Å². The third kappa shape index (κ3) is 5.77. The van der Waals surface area contributed by atoms with E-state index >= 15 is 0 Å². The topological polar surface area (TPSA) is 129 Å². The predicted octanol–water partition coefficient (Wildman–Crippen LogP) is 3.35. The first-order valence-electron chi connectivity index (χ1n) is 10.9. The second-order valence-electron chi connectivity index (χ2n) is 9.89. The lowest BCUT2D eigenvalue weighted by Gasteiger charge is -2.40. The molecule has 1 saturated heterocycles. The molecule has 0 aromatic carbocycles. The van der Waals surface area contributed by atoms with Crippen LogP contribution in [0, 0.1) is 6.92 Å². The summed E-state index contributed by atoms with van der Waals surface area (Å²) in [6.45, 7) is 12.1. The number of hydrogen-bond acceptors (Lipinski definition) is 7. The molecular weight excluding hydrogens is 493 g/mol. The lowest BCUT2D eigenvalue weighted by molar-refractivity contribution is -0.0748. The third-order valence-electron chi connectivity index (χ3n) is 6.38. The van der Waals surface area contributed by atoms with Gasteiger partial charge >= 0.3 is 18.9 Å². The lowest BCUT2D eigenvalue weighted by Crippen LogP contribution is -2.50. The third-order valence-corrected chi connectivity index (χ3v) is 12.5. The van der Waals surface area contributed by atoms with Crippen LogP contribution in [-0.4, -0.2) is 60.5 Å². The number of nitrogens with one attached hydrogen (secondary N) is 1. The molecule has 34 heavy (non-hydrogen) atoms. The van der Waals surface area contributed by atoms with Gasteiger partial charge in [-0.2, -0.15) is 8.78 Å². The first-order valence-corrected chi connectivity index (χ1v) is 15.4. The SMILES string of the molecule is CCOP(=O)(O)C(F)(F)C[C@H]1OC(n2cc(C)c(=O)[nH]c2=O)[C@H](OC)[C@@H]1O[Si](C)(C)C(C)(C)C. The van der Waals surface area contributed by atoms with Crippen LogP contribution in [0.4, 0.5) is 8.78 Å². The molecule has 1 fully saturated rings. The van der Waals surface area contributed by atoms with Gasteiger partial charge in [-0.05, 0) is 32.0 Å². The number of aryl methyl sites for hydroxylation is 1. The van der Waals surface area contributed by atoms with Crippen molar-refractivity contribution in [2.45, 2.75) is 89.4 Å². The van der Waals surface area contributed by atoms with Gasteiger partial charge in [-0.25, -0.2) is 4.79 Å². The normalized spacial score (nSPS) is 26.0. The van der Waals surface area contributed by atoms with Crippen LogP contribution in [0.2, 0.25) is 18.1 Å². The number of aromatic amines is 1. The Morgan fingerprint density at radius 3 is 2.35 bits per heavy atom. The Morgan fingerprint density at radius 1 is 1.26 bits per heavy atom. The van der Waals surface area contributed by atoms with E-state index in [4.69, 9.17) is 13.9 Å². The molecule has 10 nitrogen and oxygen atoms in total. The fourth-order valence-electron chi connectivity index (χ4n) is 3.41. The van der Waals surface area contributed by atoms with E-state index in [0.29, 0.717) is 0 Å². The standard InChI is InChI=1S/C20H35F2N2O8PSi/c1-9-30-33(27,28)20(21,22)10-13-14(32-34(7,8)19(3,4)5)15(29-6)17(31-13)24-11-12(2)16(25)23-18(24)26/h11,13-15,17H,9-10H2,1-8H3,(H,27,28)(H,23,25,26)/t13-,14-,15-,17?/m1/s1. The van der Waals surface area contributed by atoms with Crippen molar-refractivity contribution in [1.29, 1.82) is 0 Å². The van der Waals surface area contributed by atoms with E-state index in [0.717, 1.165) is 4.57 Å². The molecule has 0 spiro atoms. The molecule has 14 heteroatoms. The minimum absolute atomic E-state index is 0.199. The molecule has 2 heterocycles. The van der Waals surface area contributed by atoms with E-state index in [1.807, 2.05) is 33.9 Å². The zero-order valence-corrected chi connectivity index (χ0v) is 22.7. The molecule has 1 aliphatic rings. The Kier molecular flexibility index (Phi) is 8.57. The van der Waals surface area contributed by atoms with E-state index in [9.17, 15) is 27.8 Å². The number of methoxy groups -OCH3 is 1. The van der Waals surface area contributed by atoms with Gasteiger partial charge < -0.3 is 23.3 Å². The van der Waals surface area contributed by atoms with Gasteiger partial charge in [0.05, 0.1) is 19.1 Å². The number of hydrogen-bond donors (Lipinski definition) is 2. The maximum atomic E-state index is 14.9. The highest BCUT2D eigenvalue weighted by Crippen LogP contribution is 2.60. The molecule has 0 radical (unpaired) electrons. The average molecular weight is 529 g/mol. The van der Waals surface area contributed by atoms with Crippen LogP contribution in [-0.2, 0) is 23.0 Å². The summed E-state index contributed by atoms with van der Waals surface area (Å²) in [6, 6.07) is 0. The number of aromatic nitrogens is 2. The molecule has 5 atom stereocenters. The van der Waals surface area contributed by atoms with Gasteiger partial charge in [-0.3, -0.25) is 18.9 Å². The number of ether oxygens (including phenoxy) is 2. The predicted molar refractivity (Wildman–Crippen MR) is 124 cm³/mol. The van der Waals surface area contributed by atoms with Crippen molar-refractivity contribution in [2.24, 2.45) is 0 Å². The molecule has 0 amide bonds. The minimum Gasteiger partial charge on any atom is -0.408 e. The first kappa shape index (κ1) is 29.0. The second kappa shape index (κ2) is 10.0. The Hall–Kier alpha value is -1.21. The molecule has 1 aromatic rings. The van der Waals surface area contributed by atoms with Gasteiger partial charge in [-0.1, -0.05) is 20.8 Å². The molecule has 1 aliphatic heterocycles. The van der Waals surface area contributed by atoms with Crippen LogP contribution in [0.5, 0.6) is 0 Å². The van der Waals surface area contributed by atoms with E-state index in [1.165, 1.54) is 27.2 Å². The Morgan fingerprint density at radius 2 is 1.85 bits per heavy atom. The smallest absolute Gasteiger partial charge is 0.397 e. The summed E-state index contributed by atoms with van der Waals surface area (Å²) in [5, 5.41) is -0.306. The summed E-state index contributed by atoms with van der Waals surface area (Å²) in [7, 11) is -6.58. The van der Waals surface area contributed by atoms with Crippen molar-refractivity contribution in [3.8, 4) is 0 Å². The highest BCUT2D eigenvalue weighted by Gasteiger charge is 2.58. The molecule has 0 aliphatic carbocycles. The average Bonchev–Trinajstić information content (AvgIpc) is 2.99. The van der Waals surface area contributed by atoms with E-state index in [2.05, 4.69) is 9.51 Å². The van der Waals surface area contributed by atoms with Crippen LogP contribution in [0.15, 0.2) is 15.8 Å². The first-order chi connectivity index (χ1) is 15.4. The molecule has 2 rings (SSSR count). The lowest BCUT2D eigenvalue weighted by atomic mass is 10.1. The van der Waals surface area contributed by atoms with Gasteiger partial charge in [0, 0.05) is 18.9 Å². The van der Waals surface area contributed by atoms with Crippen LogP contribution in [0.25, 0.3) is 0 Å². The summed E-state index contributed by atoms with van der Waals surface area (Å²) >= 11 is 0. The minimum atomic E-state index is -5.32. The number of H-pyrrole nitrogens is 1. The van der Waals surface area contributed by atoms with Crippen LogP contribution < -0.4 is 11.2 Å². The Balaban J connectivity index is 2.57. The number of nitrogens with zero attached hydrogens (tertiary/aromatic N) is 1. The van der Waals surface area contributed by atoms with E-state index in [-0.39, 0.29) is 17.2 Å². The zero-order valence-electron chi connectivity index (χ0n) is 20.8. The largest absolute Gasteiger partial charge is 0.408 e. The maximum Gasteiger partial charge on any atom is 0.397 e. The molecule has 2 unspecified atom stereocenters. The number of halogens is 2. The quantitative estimate of drug-likeness (QED) is 0.369. The van der Waals surface area contributed by atoms with Crippen LogP contribution >= 0.6 is 7.60 Å².